The third-order valence-corrected chi connectivity index (χ3v) is 5.24. The first-order valence-electron chi connectivity index (χ1n) is 10.0. The third-order valence-electron chi connectivity index (χ3n) is 4.92. The van der Waals surface area contributed by atoms with Gasteiger partial charge >= 0.3 is 12.1 Å². The van der Waals surface area contributed by atoms with Crippen LogP contribution in [-0.2, 0) is 15.7 Å². The minimum Gasteiger partial charge on any atom is -0.452 e. The highest BCUT2D eigenvalue weighted by atomic mass is 35.5. The first-order chi connectivity index (χ1) is 16.2. The highest BCUT2D eigenvalue weighted by Gasteiger charge is 2.34. The first-order valence-corrected chi connectivity index (χ1v) is 10.4. The summed E-state index contributed by atoms with van der Waals surface area (Å²) in [6.07, 6.45) is -4.73. The minimum atomic E-state index is -4.73. The monoisotopic (exact) mass is 484 g/mol. The Kier molecular flexibility index (Phi) is 6.51. The largest absolute Gasteiger partial charge is 0.452 e. The van der Waals surface area contributed by atoms with E-state index in [-0.39, 0.29) is 10.6 Å². The number of para-hydroxylation sites is 2. The number of hydrogen-bond acceptors (Lipinski definition) is 4. The van der Waals surface area contributed by atoms with E-state index in [2.05, 4.69) is 10.3 Å². The van der Waals surface area contributed by atoms with Crippen LogP contribution in [0.3, 0.4) is 0 Å². The van der Waals surface area contributed by atoms with Crippen LogP contribution in [0.25, 0.3) is 22.2 Å². The number of esters is 1. The molecule has 1 heterocycles. The molecule has 4 aromatic rings. The van der Waals surface area contributed by atoms with E-state index in [0.29, 0.717) is 16.6 Å². The number of aromatic nitrogens is 1. The van der Waals surface area contributed by atoms with E-state index in [1.54, 1.807) is 30.3 Å². The zero-order chi connectivity index (χ0) is 24.3. The average molecular weight is 485 g/mol. The van der Waals surface area contributed by atoms with Crippen LogP contribution in [0, 0.1) is 0 Å². The Morgan fingerprint density at radius 2 is 1.65 bits per heavy atom. The summed E-state index contributed by atoms with van der Waals surface area (Å²) in [5.41, 5.74) is 0.322. The number of ether oxygens (including phenoxy) is 1. The summed E-state index contributed by atoms with van der Waals surface area (Å²) >= 11 is 5.85. The van der Waals surface area contributed by atoms with Gasteiger partial charge in [-0.2, -0.15) is 13.2 Å². The molecule has 0 aliphatic carbocycles. The zero-order valence-corrected chi connectivity index (χ0v) is 18.2. The number of carbonyl (C=O) groups is 2. The van der Waals surface area contributed by atoms with Crippen molar-refractivity contribution in [2.75, 3.05) is 11.9 Å². The van der Waals surface area contributed by atoms with Crippen LogP contribution < -0.4 is 5.32 Å². The summed E-state index contributed by atoms with van der Waals surface area (Å²) < 4.78 is 44.8. The van der Waals surface area contributed by atoms with Gasteiger partial charge in [0.25, 0.3) is 5.91 Å². The summed E-state index contributed by atoms with van der Waals surface area (Å²) in [6, 6.07) is 20.8. The van der Waals surface area contributed by atoms with E-state index in [0.717, 1.165) is 17.7 Å². The number of amides is 1. The normalized spacial score (nSPS) is 11.3. The van der Waals surface area contributed by atoms with Gasteiger partial charge in [-0.15, -0.1) is 0 Å². The molecule has 0 unspecified atom stereocenters. The molecule has 5 nitrogen and oxygen atoms in total. The molecule has 0 aliphatic heterocycles. The number of anilines is 1. The molecule has 1 N–H and O–H groups in total. The fourth-order valence-electron chi connectivity index (χ4n) is 3.37. The molecular formula is C25H16ClF3N2O3. The van der Waals surface area contributed by atoms with Crippen LogP contribution in [0.2, 0.25) is 5.02 Å². The van der Waals surface area contributed by atoms with Gasteiger partial charge in [0.1, 0.15) is 0 Å². The number of nitrogens with one attached hydrogen (secondary N) is 1. The number of fused-ring (bicyclic) bond motifs is 1. The summed E-state index contributed by atoms with van der Waals surface area (Å²) in [7, 11) is 0. The van der Waals surface area contributed by atoms with Crippen LogP contribution in [0.1, 0.15) is 15.9 Å². The molecule has 0 radical (unpaired) electrons. The number of carbonyl (C=O) groups excluding carboxylic acids is 2. The lowest BCUT2D eigenvalue weighted by Crippen LogP contribution is -2.23. The van der Waals surface area contributed by atoms with Crippen molar-refractivity contribution in [2.24, 2.45) is 0 Å². The van der Waals surface area contributed by atoms with Crippen molar-refractivity contribution in [1.29, 1.82) is 0 Å². The van der Waals surface area contributed by atoms with Crippen LogP contribution in [-0.4, -0.2) is 23.5 Å². The predicted octanol–water partition coefficient (Wildman–Crippen LogP) is 6.37. The van der Waals surface area contributed by atoms with Crippen LogP contribution in [0.4, 0.5) is 18.9 Å². The number of benzene rings is 3. The van der Waals surface area contributed by atoms with Gasteiger partial charge in [-0.25, -0.2) is 9.78 Å². The number of rotatable bonds is 5. The van der Waals surface area contributed by atoms with E-state index in [1.165, 1.54) is 6.07 Å². The van der Waals surface area contributed by atoms with Gasteiger partial charge in [-0.1, -0.05) is 66.2 Å². The van der Waals surface area contributed by atoms with Gasteiger partial charge in [-0.05, 0) is 24.3 Å². The number of pyridine rings is 1. The molecule has 0 fully saturated rings. The standard InChI is InChI=1S/C25H16ClF3N2O3/c26-19-11-6-10-18(25(27,28)29)23(19)31-22(32)14-34-24(33)17-13-21(15-7-2-1-3-8-15)30-20-12-5-4-9-16(17)20/h1-13H,14H2,(H,31,32). The van der Waals surface area contributed by atoms with Crippen molar-refractivity contribution >= 4 is 40.1 Å². The van der Waals surface area contributed by atoms with Crippen LogP contribution in [0.5, 0.6) is 0 Å². The number of nitrogens with zero attached hydrogens (tertiary/aromatic N) is 1. The van der Waals surface area contributed by atoms with Crippen LogP contribution in [0.15, 0.2) is 78.9 Å². The van der Waals surface area contributed by atoms with Crippen molar-refractivity contribution in [2.45, 2.75) is 6.18 Å². The molecule has 172 valence electrons. The molecule has 0 saturated carbocycles. The fraction of sp³-hybridized carbons (Fsp3) is 0.0800. The second kappa shape index (κ2) is 9.52. The maximum atomic E-state index is 13.2. The SMILES string of the molecule is O=C(COC(=O)c1cc(-c2ccccc2)nc2ccccc12)Nc1c(Cl)cccc1C(F)(F)F. The number of halogens is 4. The van der Waals surface area contributed by atoms with E-state index in [9.17, 15) is 22.8 Å². The molecule has 4 rings (SSSR count). The Balaban J connectivity index is 1.56. The first kappa shape index (κ1) is 23.3. The Labute approximate surface area is 197 Å². The third kappa shape index (κ3) is 5.02. The smallest absolute Gasteiger partial charge is 0.418 e. The number of hydrogen-bond donors (Lipinski definition) is 1. The lowest BCUT2D eigenvalue weighted by molar-refractivity contribution is -0.137. The molecule has 0 atom stereocenters. The van der Waals surface area contributed by atoms with Gasteiger partial charge in [-0.3, -0.25) is 4.79 Å². The second-order valence-corrected chi connectivity index (χ2v) is 7.63. The maximum Gasteiger partial charge on any atom is 0.418 e. The summed E-state index contributed by atoms with van der Waals surface area (Å²) in [5, 5.41) is 2.31. The summed E-state index contributed by atoms with van der Waals surface area (Å²) in [6.45, 7) is -0.807. The topological polar surface area (TPSA) is 68.3 Å². The Hall–Kier alpha value is -3.91. The lowest BCUT2D eigenvalue weighted by Gasteiger charge is -2.15. The zero-order valence-electron chi connectivity index (χ0n) is 17.4. The quantitative estimate of drug-likeness (QED) is 0.334. The van der Waals surface area contributed by atoms with Gasteiger partial charge in [0.05, 0.1) is 33.0 Å². The van der Waals surface area contributed by atoms with Gasteiger partial charge in [0.15, 0.2) is 6.61 Å². The molecule has 34 heavy (non-hydrogen) atoms. The van der Waals surface area contributed by atoms with Gasteiger partial charge < -0.3 is 10.1 Å². The molecule has 0 aliphatic rings. The molecule has 0 bridgehead atoms. The van der Waals surface area contributed by atoms with E-state index in [4.69, 9.17) is 16.3 Å². The Morgan fingerprint density at radius 1 is 0.941 bits per heavy atom. The summed E-state index contributed by atoms with van der Waals surface area (Å²) in [4.78, 5) is 29.7. The van der Waals surface area contributed by atoms with Gasteiger partial charge in [0, 0.05) is 10.9 Å². The van der Waals surface area contributed by atoms with E-state index < -0.39 is 35.9 Å². The average Bonchev–Trinajstić information content (AvgIpc) is 2.83. The van der Waals surface area contributed by atoms with Crippen LogP contribution >= 0.6 is 11.6 Å². The molecule has 1 aromatic heterocycles. The lowest BCUT2D eigenvalue weighted by atomic mass is 10.0. The highest BCUT2D eigenvalue weighted by molar-refractivity contribution is 6.34. The second-order valence-electron chi connectivity index (χ2n) is 7.22. The maximum absolute atomic E-state index is 13.2. The molecule has 3 aromatic carbocycles. The van der Waals surface area contributed by atoms with Gasteiger partial charge in [0.2, 0.25) is 0 Å². The molecular weight excluding hydrogens is 469 g/mol. The Bertz CT molecular complexity index is 1380. The van der Waals surface area contributed by atoms with E-state index in [1.807, 2.05) is 30.3 Å². The highest BCUT2D eigenvalue weighted by Crippen LogP contribution is 2.38. The van der Waals surface area contributed by atoms with Crippen molar-refractivity contribution in [3.8, 4) is 11.3 Å². The molecule has 0 saturated heterocycles. The molecule has 1 amide bonds. The summed E-state index contributed by atoms with van der Waals surface area (Å²) in [5.74, 6) is -1.78. The van der Waals surface area contributed by atoms with Crippen molar-refractivity contribution in [3.05, 3.63) is 95.0 Å². The van der Waals surface area contributed by atoms with Crippen molar-refractivity contribution < 1.29 is 27.5 Å². The number of alkyl halides is 3. The minimum absolute atomic E-state index is 0.172. The fourth-order valence-corrected chi connectivity index (χ4v) is 3.59. The predicted molar refractivity (Wildman–Crippen MR) is 123 cm³/mol. The molecule has 0 spiro atoms. The Morgan fingerprint density at radius 3 is 2.38 bits per heavy atom. The van der Waals surface area contributed by atoms with E-state index >= 15 is 0 Å². The van der Waals surface area contributed by atoms with Crippen molar-refractivity contribution in [3.63, 3.8) is 0 Å². The van der Waals surface area contributed by atoms with Crippen molar-refractivity contribution in [1.82, 2.24) is 4.98 Å². The molecule has 9 heteroatoms.